The summed E-state index contributed by atoms with van der Waals surface area (Å²) in [6.07, 6.45) is -4.70. The van der Waals surface area contributed by atoms with Gasteiger partial charge in [-0.15, -0.1) is 0 Å². The van der Waals surface area contributed by atoms with Crippen LogP contribution >= 0.6 is 0 Å². The van der Waals surface area contributed by atoms with Crippen LogP contribution in [0, 0.1) is 5.92 Å². The third-order valence-corrected chi connectivity index (χ3v) is 6.35. The largest absolute Gasteiger partial charge is 0.497 e. The van der Waals surface area contributed by atoms with Crippen molar-refractivity contribution in [3.63, 3.8) is 0 Å². The quantitative estimate of drug-likeness (QED) is 0.350. The molecule has 6 N–H and O–H groups in total. The van der Waals surface area contributed by atoms with Crippen molar-refractivity contribution in [1.29, 1.82) is 0 Å². The molecule has 1 saturated heterocycles. The minimum absolute atomic E-state index is 0.532. The van der Waals surface area contributed by atoms with E-state index in [9.17, 15) is 30.3 Å². The molecule has 0 spiro atoms. The second-order valence-electron chi connectivity index (χ2n) is 8.39. The van der Waals surface area contributed by atoms with Gasteiger partial charge in [0.2, 0.25) is 0 Å². The van der Waals surface area contributed by atoms with Gasteiger partial charge in [0.05, 0.1) is 19.1 Å². The summed E-state index contributed by atoms with van der Waals surface area (Å²) in [6, 6.07) is 10.8. The van der Waals surface area contributed by atoms with Crippen molar-refractivity contribution >= 4 is 16.7 Å². The second-order valence-corrected chi connectivity index (χ2v) is 8.39. The number of methoxy groups -OCH3 is 1. The number of rotatable bonds is 6. The normalized spacial score (nSPS) is 31.5. The van der Waals surface area contributed by atoms with Crippen molar-refractivity contribution in [2.24, 2.45) is 5.92 Å². The van der Waals surface area contributed by atoms with Gasteiger partial charge >= 0.3 is 5.97 Å². The summed E-state index contributed by atoms with van der Waals surface area (Å²) in [5.74, 6) is -2.15. The van der Waals surface area contributed by atoms with Crippen molar-refractivity contribution in [3.05, 3.63) is 54.2 Å². The molecular weight excluding hydrogens is 432 g/mol. The van der Waals surface area contributed by atoms with E-state index in [0.717, 1.165) is 10.8 Å². The van der Waals surface area contributed by atoms with Gasteiger partial charge in [0.25, 0.3) is 0 Å². The Bertz CT molecular complexity index is 1050. The molecule has 10 nitrogen and oxygen atoms in total. The van der Waals surface area contributed by atoms with Crippen molar-refractivity contribution in [2.75, 3.05) is 7.11 Å². The fraction of sp³-hybridized carbons (Fsp3) is 0.435. The van der Waals surface area contributed by atoms with Gasteiger partial charge in [0.1, 0.15) is 24.2 Å². The second kappa shape index (κ2) is 9.26. The zero-order valence-electron chi connectivity index (χ0n) is 18.1. The molecule has 2 heterocycles. The van der Waals surface area contributed by atoms with Crippen LogP contribution in [-0.2, 0) is 9.53 Å². The number of aliphatic hydroxyl groups is 4. The van der Waals surface area contributed by atoms with Gasteiger partial charge in [-0.3, -0.25) is 4.79 Å². The summed E-state index contributed by atoms with van der Waals surface area (Å²) in [4.78, 5) is 13.5. The first-order valence-corrected chi connectivity index (χ1v) is 10.6. The van der Waals surface area contributed by atoms with Crippen LogP contribution < -0.4 is 10.1 Å². The van der Waals surface area contributed by atoms with E-state index in [1.807, 2.05) is 18.2 Å². The van der Waals surface area contributed by atoms with E-state index in [1.165, 1.54) is 17.2 Å². The van der Waals surface area contributed by atoms with Crippen molar-refractivity contribution in [1.82, 2.24) is 10.2 Å². The summed E-state index contributed by atoms with van der Waals surface area (Å²) in [7, 11) is 1.57. The number of carbonyl (C=O) groups is 1. The number of fused-ring (bicyclic) bond motifs is 1. The highest BCUT2D eigenvalue weighted by atomic mass is 16.6. The maximum atomic E-state index is 12.3. The molecule has 2 aliphatic rings. The number of aliphatic carboxylic acids is 1. The minimum atomic E-state index is -1.41. The smallest absolute Gasteiger partial charge is 0.311 e. The van der Waals surface area contributed by atoms with Crippen LogP contribution in [0.2, 0.25) is 0 Å². The number of ether oxygens (including phenoxy) is 2. The van der Waals surface area contributed by atoms with Crippen molar-refractivity contribution in [3.8, 4) is 5.75 Å². The molecular formula is C23H28N2O8. The molecule has 4 rings (SSSR count). The Hall–Kier alpha value is -2.73. The summed E-state index contributed by atoms with van der Waals surface area (Å²) < 4.78 is 11.1. The van der Waals surface area contributed by atoms with E-state index in [2.05, 4.69) is 5.32 Å². The monoisotopic (exact) mass is 460 g/mol. The first-order chi connectivity index (χ1) is 15.7. The molecule has 0 aliphatic carbocycles. The third kappa shape index (κ3) is 4.41. The van der Waals surface area contributed by atoms with Crippen molar-refractivity contribution < 1.29 is 39.8 Å². The van der Waals surface area contributed by atoms with Gasteiger partial charge in [-0.25, -0.2) is 5.32 Å². The number of benzene rings is 2. The Morgan fingerprint density at radius 3 is 2.45 bits per heavy atom. The lowest BCUT2D eigenvalue weighted by atomic mass is 9.81. The Morgan fingerprint density at radius 1 is 1.09 bits per heavy atom. The van der Waals surface area contributed by atoms with E-state index in [1.54, 1.807) is 32.2 Å². The molecule has 2 aliphatic heterocycles. The predicted molar refractivity (Wildman–Crippen MR) is 117 cm³/mol. The standard InChI is InChI=1S/C23H28N2O8/c1-11(20-18(27)19(28)21(33-20)25-8-7-16(26)24-23(25)31)17(22(29)30)14-4-3-13-10-15(32-2)6-5-12(13)9-14/h3-11,16-21,23-24,26-28,31H,1-2H3,(H,29,30)/t11?,16?,17?,18-,19+,20+,21+,23?/m0/s1. The zero-order chi connectivity index (χ0) is 23.9. The molecule has 10 heteroatoms. The van der Waals surface area contributed by atoms with E-state index in [4.69, 9.17) is 9.47 Å². The van der Waals surface area contributed by atoms with Gasteiger partial charge in [-0.2, -0.15) is 0 Å². The summed E-state index contributed by atoms with van der Waals surface area (Å²) in [5, 5.41) is 55.2. The molecule has 0 aromatic heterocycles. The van der Waals surface area contributed by atoms with Crippen LogP contribution in [0.5, 0.6) is 5.75 Å². The van der Waals surface area contributed by atoms with Crippen molar-refractivity contribution in [2.45, 2.75) is 50.0 Å². The lowest BCUT2D eigenvalue weighted by Crippen LogP contribution is -2.56. The summed E-state index contributed by atoms with van der Waals surface area (Å²) in [6.45, 7) is 1.64. The molecule has 2 aromatic carbocycles. The number of nitrogens with zero attached hydrogens (tertiary/aromatic N) is 1. The fourth-order valence-corrected chi connectivity index (χ4v) is 4.57. The first-order valence-electron chi connectivity index (χ1n) is 10.6. The van der Waals surface area contributed by atoms with Crippen LogP contribution in [0.4, 0.5) is 0 Å². The molecule has 1 fully saturated rings. The van der Waals surface area contributed by atoms with Gasteiger partial charge in [-0.1, -0.05) is 31.2 Å². The number of aliphatic hydroxyl groups excluding tert-OH is 4. The highest BCUT2D eigenvalue weighted by Gasteiger charge is 2.51. The summed E-state index contributed by atoms with van der Waals surface area (Å²) in [5.41, 5.74) is 0.532. The molecule has 2 aromatic rings. The predicted octanol–water partition coefficient (Wildman–Crippen LogP) is 0.113. The number of carboxylic acid groups (broad SMARTS) is 1. The Kier molecular flexibility index (Phi) is 6.57. The number of nitrogens with one attached hydrogen (secondary N) is 1. The van der Waals surface area contributed by atoms with E-state index in [-0.39, 0.29) is 0 Å². The van der Waals surface area contributed by atoms with Crippen LogP contribution in [0.3, 0.4) is 0 Å². The topological polar surface area (TPSA) is 152 Å². The molecule has 0 saturated carbocycles. The van der Waals surface area contributed by atoms with Gasteiger partial charge in [0, 0.05) is 12.1 Å². The van der Waals surface area contributed by atoms with Crippen LogP contribution in [0.1, 0.15) is 18.4 Å². The molecule has 33 heavy (non-hydrogen) atoms. The van der Waals surface area contributed by atoms with Crippen LogP contribution in [-0.4, -0.2) is 80.6 Å². The minimum Gasteiger partial charge on any atom is -0.497 e. The zero-order valence-corrected chi connectivity index (χ0v) is 18.1. The highest BCUT2D eigenvalue weighted by molar-refractivity contribution is 5.86. The highest BCUT2D eigenvalue weighted by Crippen LogP contribution is 2.38. The lowest BCUT2D eigenvalue weighted by Gasteiger charge is -2.37. The molecule has 4 unspecified atom stereocenters. The third-order valence-electron chi connectivity index (χ3n) is 6.35. The SMILES string of the molecule is COc1ccc2cc(C(C(=O)O)C(C)[C@H]3O[C@@H](N4C=CC(O)NC4O)[C@H](O)[C@@H]3O)ccc2c1. The maximum absolute atomic E-state index is 12.3. The number of carboxylic acids is 1. The molecule has 0 amide bonds. The Morgan fingerprint density at radius 2 is 1.79 bits per heavy atom. The molecule has 8 atom stereocenters. The lowest BCUT2D eigenvalue weighted by molar-refractivity contribution is -0.159. The average molecular weight is 460 g/mol. The first kappa shape index (κ1) is 23.4. The van der Waals surface area contributed by atoms with E-state index in [0.29, 0.717) is 11.3 Å². The van der Waals surface area contributed by atoms with Gasteiger partial charge in [0.15, 0.2) is 12.6 Å². The molecule has 0 bridgehead atoms. The Labute approximate surface area is 190 Å². The fourth-order valence-electron chi connectivity index (χ4n) is 4.57. The van der Waals surface area contributed by atoms with E-state index < -0.39 is 54.9 Å². The number of hydrogen-bond acceptors (Lipinski definition) is 9. The molecule has 178 valence electrons. The van der Waals surface area contributed by atoms with Crippen LogP contribution in [0.25, 0.3) is 10.8 Å². The Balaban J connectivity index is 1.60. The van der Waals surface area contributed by atoms with Crippen LogP contribution in [0.15, 0.2) is 48.7 Å². The summed E-state index contributed by atoms with van der Waals surface area (Å²) >= 11 is 0. The molecule has 0 radical (unpaired) electrons. The van der Waals surface area contributed by atoms with E-state index >= 15 is 0 Å². The average Bonchev–Trinajstić information content (AvgIpc) is 3.07. The number of hydrogen-bond donors (Lipinski definition) is 6. The van der Waals surface area contributed by atoms with Gasteiger partial charge in [-0.05, 0) is 34.5 Å². The van der Waals surface area contributed by atoms with Gasteiger partial charge < -0.3 is 39.9 Å². The maximum Gasteiger partial charge on any atom is 0.311 e.